The van der Waals surface area contributed by atoms with Gasteiger partial charge in [-0.1, -0.05) is 56.6 Å². The van der Waals surface area contributed by atoms with Crippen LogP contribution < -0.4 is 0 Å². The van der Waals surface area contributed by atoms with Gasteiger partial charge < -0.3 is 4.90 Å². The smallest absolute Gasteiger partial charge is 0.0398 e. The maximum absolute atomic E-state index is 5.67. The molecule has 0 aliphatic heterocycles. The number of hydrogen-bond donors (Lipinski definition) is 0. The van der Waals surface area contributed by atoms with Crippen molar-refractivity contribution in [1.82, 2.24) is 4.90 Å². The number of allylic oxidation sites excluding steroid dienone is 5. The first-order valence-corrected chi connectivity index (χ1v) is 13.1. The van der Waals surface area contributed by atoms with E-state index in [0.717, 1.165) is 35.8 Å². The van der Waals surface area contributed by atoms with Crippen LogP contribution in [0.2, 0.25) is 0 Å². The van der Waals surface area contributed by atoms with Gasteiger partial charge in [0, 0.05) is 25.4 Å². The van der Waals surface area contributed by atoms with Crippen LogP contribution in [-0.4, -0.2) is 18.5 Å². The van der Waals surface area contributed by atoms with Gasteiger partial charge in [0.15, 0.2) is 0 Å². The number of nitrogens with zero attached hydrogens (tertiary/aromatic N) is 1. The summed E-state index contributed by atoms with van der Waals surface area (Å²) in [6.07, 6.45) is 25.6. The molecule has 174 valence electrons. The second-order valence-electron chi connectivity index (χ2n) is 12.1. The maximum Gasteiger partial charge on any atom is 0.0398 e. The Bertz CT molecular complexity index is 865. The van der Waals surface area contributed by atoms with Crippen LogP contribution in [-0.2, 0) is 0 Å². The number of likely N-dealkylation sites (N-methyl/N-ethyl adjacent to an activating group) is 1. The minimum absolute atomic E-state index is 0.374. The van der Waals surface area contributed by atoms with Crippen molar-refractivity contribution in [3.05, 3.63) is 47.7 Å². The largest absolute Gasteiger partial charge is 0.375 e. The molecule has 3 fully saturated rings. The average Bonchev–Trinajstić information content (AvgIpc) is 3.11. The molecule has 0 aromatic heterocycles. The van der Waals surface area contributed by atoms with Crippen LogP contribution in [0.3, 0.4) is 0 Å². The van der Waals surface area contributed by atoms with E-state index in [-0.39, 0.29) is 0 Å². The van der Waals surface area contributed by atoms with Crippen LogP contribution in [0, 0.1) is 52.8 Å². The van der Waals surface area contributed by atoms with Gasteiger partial charge in [-0.25, -0.2) is 0 Å². The molecule has 0 aromatic rings. The van der Waals surface area contributed by atoms with Gasteiger partial charge in [-0.05, 0) is 105 Å². The predicted molar refractivity (Wildman–Crippen MR) is 138 cm³/mol. The molecule has 1 nitrogen and oxygen atoms in total. The van der Waals surface area contributed by atoms with E-state index in [1.54, 1.807) is 0 Å². The topological polar surface area (TPSA) is 3.24 Å². The molecular weight excluding hydrogens is 386 g/mol. The zero-order valence-corrected chi connectivity index (χ0v) is 21.3. The normalized spacial score (nSPS) is 41.3. The van der Waals surface area contributed by atoms with Crippen molar-refractivity contribution < 1.29 is 0 Å². The lowest BCUT2D eigenvalue weighted by Gasteiger charge is -2.57. The van der Waals surface area contributed by atoms with Crippen molar-refractivity contribution in [2.45, 2.75) is 79.1 Å². The summed E-state index contributed by atoms with van der Waals surface area (Å²) in [5.41, 5.74) is 5.05. The summed E-state index contributed by atoms with van der Waals surface area (Å²) in [5, 5.41) is 0. The van der Waals surface area contributed by atoms with E-state index in [1.165, 1.54) is 56.9 Å². The Morgan fingerprint density at radius 2 is 2.03 bits per heavy atom. The molecule has 0 aromatic carbocycles. The summed E-state index contributed by atoms with van der Waals surface area (Å²) in [6, 6.07) is 0. The molecule has 6 unspecified atom stereocenters. The third-order valence-corrected chi connectivity index (χ3v) is 10.1. The van der Waals surface area contributed by atoms with Crippen LogP contribution in [0.15, 0.2) is 47.7 Å². The Labute approximate surface area is 198 Å². The highest BCUT2D eigenvalue weighted by Crippen LogP contribution is 2.66. The molecule has 32 heavy (non-hydrogen) atoms. The molecule has 0 radical (unpaired) electrons. The van der Waals surface area contributed by atoms with Crippen LogP contribution in [0.5, 0.6) is 0 Å². The lowest BCUT2D eigenvalue weighted by atomic mass is 9.48. The van der Waals surface area contributed by atoms with Gasteiger partial charge in [0.1, 0.15) is 0 Å². The molecule has 0 bridgehead atoms. The fraction of sp³-hybridized carbons (Fsp3) is 0.677. The first-order valence-electron chi connectivity index (χ1n) is 13.1. The number of hydrogen-bond acceptors (Lipinski definition) is 1. The van der Waals surface area contributed by atoms with Gasteiger partial charge in [-0.15, -0.1) is 6.42 Å². The predicted octanol–water partition coefficient (Wildman–Crippen LogP) is 7.78. The summed E-state index contributed by atoms with van der Waals surface area (Å²) in [4.78, 5) is 2.23. The van der Waals surface area contributed by atoms with Gasteiger partial charge in [-0.2, -0.15) is 0 Å². The standard InChI is InChI=1S/C31H45N/c1-8-10-24(9-2)21-32(7)20-23(4)27-13-14-28-26-12-11-25-19-22(3)15-17-30(25,5)29(26)16-18-31(27,28)6/h2,8,10,16,21-22,25-28H,4,11-15,17-20H2,1,3,5-7H3/b10-8+,24-21-/t22-,25?,26?,27?,28?,30?,31?/m0/s1. The van der Waals surface area contributed by atoms with E-state index in [1.807, 2.05) is 24.6 Å². The summed E-state index contributed by atoms with van der Waals surface area (Å²) >= 11 is 0. The Hall–Kier alpha value is -1.68. The maximum atomic E-state index is 5.67. The average molecular weight is 432 g/mol. The molecule has 4 aliphatic carbocycles. The Morgan fingerprint density at radius 3 is 2.75 bits per heavy atom. The summed E-state index contributed by atoms with van der Waals surface area (Å²) in [5.74, 6) is 6.91. The van der Waals surface area contributed by atoms with Gasteiger partial charge in [0.25, 0.3) is 0 Å². The lowest BCUT2D eigenvalue weighted by molar-refractivity contribution is 0.0223. The van der Waals surface area contributed by atoms with Crippen molar-refractivity contribution in [3.63, 3.8) is 0 Å². The Morgan fingerprint density at radius 1 is 1.25 bits per heavy atom. The van der Waals surface area contributed by atoms with E-state index in [9.17, 15) is 0 Å². The van der Waals surface area contributed by atoms with E-state index >= 15 is 0 Å². The molecule has 0 N–H and O–H groups in total. The monoisotopic (exact) mass is 431 g/mol. The molecule has 0 amide bonds. The van der Waals surface area contributed by atoms with Crippen molar-refractivity contribution >= 4 is 0 Å². The SMILES string of the molecule is C#CC(/C=C/C)=C/N(C)CC(=C)C1CCC2C3CCC4C[C@@H](C)CCC4(C)C3=CCC12C. The van der Waals surface area contributed by atoms with Crippen LogP contribution in [0.25, 0.3) is 0 Å². The summed E-state index contributed by atoms with van der Waals surface area (Å²) in [7, 11) is 2.13. The van der Waals surface area contributed by atoms with Crippen LogP contribution >= 0.6 is 0 Å². The third kappa shape index (κ3) is 3.93. The van der Waals surface area contributed by atoms with Gasteiger partial charge in [-0.3, -0.25) is 0 Å². The first kappa shape index (κ1) is 23.5. The first-order chi connectivity index (χ1) is 15.2. The summed E-state index contributed by atoms with van der Waals surface area (Å²) in [6.45, 7) is 15.2. The highest BCUT2D eigenvalue weighted by molar-refractivity contribution is 5.36. The molecule has 4 rings (SSSR count). The Kier molecular flexibility index (Phi) is 6.55. The van der Waals surface area contributed by atoms with Gasteiger partial charge in [0.05, 0.1) is 0 Å². The lowest BCUT2D eigenvalue weighted by Crippen LogP contribution is -2.47. The van der Waals surface area contributed by atoms with Gasteiger partial charge in [0.2, 0.25) is 0 Å². The van der Waals surface area contributed by atoms with Crippen LogP contribution in [0.4, 0.5) is 0 Å². The van der Waals surface area contributed by atoms with Crippen molar-refractivity contribution in [2.24, 2.45) is 40.4 Å². The second-order valence-corrected chi connectivity index (χ2v) is 12.1. The molecule has 0 saturated heterocycles. The number of terminal acetylenes is 1. The minimum atomic E-state index is 0.374. The number of fused-ring (bicyclic) bond motifs is 5. The molecule has 0 heterocycles. The molecule has 1 heteroatoms. The zero-order chi connectivity index (χ0) is 23.1. The highest BCUT2D eigenvalue weighted by Gasteiger charge is 2.57. The highest BCUT2D eigenvalue weighted by atomic mass is 15.1. The minimum Gasteiger partial charge on any atom is -0.375 e. The second kappa shape index (κ2) is 8.93. The Balaban J connectivity index is 1.51. The molecule has 0 spiro atoms. The van der Waals surface area contributed by atoms with E-state index < -0.39 is 0 Å². The number of rotatable bonds is 5. The molecule has 3 saturated carbocycles. The third-order valence-electron chi connectivity index (χ3n) is 10.1. The molecular formula is C31H45N. The zero-order valence-electron chi connectivity index (χ0n) is 21.3. The summed E-state index contributed by atoms with van der Waals surface area (Å²) < 4.78 is 0. The van der Waals surface area contributed by atoms with E-state index in [0.29, 0.717) is 16.7 Å². The van der Waals surface area contributed by atoms with Gasteiger partial charge >= 0.3 is 0 Å². The van der Waals surface area contributed by atoms with Crippen molar-refractivity contribution in [1.29, 1.82) is 0 Å². The molecule has 4 aliphatic rings. The molecule has 7 atom stereocenters. The fourth-order valence-electron chi connectivity index (χ4n) is 8.43. The van der Waals surface area contributed by atoms with Crippen LogP contribution in [0.1, 0.15) is 79.1 Å². The fourth-order valence-corrected chi connectivity index (χ4v) is 8.43. The van der Waals surface area contributed by atoms with E-state index in [2.05, 4.69) is 57.5 Å². The van der Waals surface area contributed by atoms with Crippen molar-refractivity contribution in [2.75, 3.05) is 13.6 Å². The van der Waals surface area contributed by atoms with E-state index in [4.69, 9.17) is 6.42 Å². The van der Waals surface area contributed by atoms with Crippen molar-refractivity contribution in [3.8, 4) is 12.3 Å². The quantitative estimate of drug-likeness (QED) is 0.244.